The highest BCUT2D eigenvalue weighted by Crippen LogP contribution is 2.26. The number of hydrogen-bond donors (Lipinski definition) is 3. The van der Waals surface area contributed by atoms with Crippen LogP contribution in [0, 0.1) is 0 Å². The van der Waals surface area contributed by atoms with Gasteiger partial charge in [0.2, 0.25) is 10.0 Å². The van der Waals surface area contributed by atoms with Crippen LogP contribution >= 0.6 is 11.8 Å². The first-order valence-electron chi connectivity index (χ1n) is 4.58. The molecule has 1 rings (SSSR count). The molecule has 0 aliphatic heterocycles. The van der Waals surface area contributed by atoms with Gasteiger partial charge in [0.05, 0.1) is 11.5 Å². The number of rotatable bonds is 5. The molecule has 0 fully saturated rings. The summed E-state index contributed by atoms with van der Waals surface area (Å²) in [7, 11) is -2.10. The minimum Gasteiger partial charge on any atom is -0.398 e. The summed E-state index contributed by atoms with van der Waals surface area (Å²) in [6.07, 6.45) is 0. The van der Waals surface area contributed by atoms with Crippen LogP contribution in [0.15, 0.2) is 28.0 Å². The third kappa shape index (κ3) is 3.11. The van der Waals surface area contributed by atoms with Crippen molar-refractivity contribution in [3.8, 4) is 0 Å². The van der Waals surface area contributed by atoms with Gasteiger partial charge in [0, 0.05) is 16.3 Å². The lowest BCUT2D eigenvalue weighted by Crippen LogP contribution is -2.18. The lowest BCUT2D eigenvalue weighted by Gasteiger charge is -2.07. The van der Waals surface area contributed by atoms with Crippen molar-refractivity contribution in [1.29, 1.82) is 0 Å². The van der Waals surface area contributed by atoms with Crippen molar-refractivity contribution in [2.24, 2.45) is 0 Å². The Hall–Kier alpha value is -0.760. The monoisotopic (exact) mass is 262 g/mol. The molecule has 1 aromatic carbocycles. The largest absolute Gasteiger partial charge is 0.398 e. The summed E-state index contributed by atoms with van der Waals surface area (Å²) < 4.78 is 25.1. The molecule has 0 radical (unpaired) electrons. The molecule has 4 N–H and O–H groups in total. The Labute approximate surface area is 99.1 Å². The van der Waals surface area contributed by atoms with E-state index in [9.17, 15) is 8.42 Å². The molecule has 90 valence electrons. The zero-order chi connectivity index (χ0) is 12.2. The van der Waals surface area contributed by atoms with E-state index in [0.717, 1.165) is 4.90 Å². The number of aliphatic hydroxyl groups excluding tert-OH is 1. The number of nitrogen functional groups attached to an aromatic ring is 1. The van der Waals surface area contributed by atoms with E-state index in [1.54, 1.807) is 6.07 Å². The van der Waals surface area contributed by atoms with Gasteiger partial charge in [0.25, 0.3) is 0 Å². The van der Waals surface area contributed by atoms with Crippen molar-refractivity contribution in [2.75, 3.05) is 25.1 Å². The second kappa shape index (κ2) is 5.53. The standard InChI is InChI=1S/C9H14N2O3S2/c1-11-16(13,14)7-2-3-9(8(10)6-7)15-5-4-12/h2-3,6,11-12H,4-5,10H2,1H3. The summed E-state index contributed by atoms with van der Waals surface area (Å²) in [4.78, 5) is 0.907. The van der Waals surface area contributed by atoms with Gasteiger partial charge in [-0.05, 0) is 25.2 Å². The quantitative estimate of drug-likeness (QED) is 0.523. The summed E-state index contributed by atoms with van der Waals surface area (Å²) in [5.41, 5.74) is 6.12. The topological polar surface area (TPSA) is 92.4 Å². The summed E-state index contributed by atoms with van der Waals surface area (Å²) in [5, 5.41) is 8.67. The van der Waals surface area contributed by atoms with Crippen molar-refractivity contribution in [2.45, 2.75) is 9.79 Å². The van der Waals surface area contributed by atoms with Gasteiger partial charge in [-0.1, -0.05) is 0 Å². The molecule has 0 bridgehead atoms. The zero-order valence-electron chi connectivity index (χ0n) is 8.80. The lowest BCUT2D eigenvalue weighted by atomic mass is 10.3. The van der Waals surface area contributed by atoms with E-state index < -0.39 is 10.0 Å². The molecule has 0 aliphatic rings. The zero-order valence-corrected chi connectivity index (χ0v) is 10.4. The first-order valence-corrected chi connectivity index (χ1v) is 7.05. The Kier molecular flexibility index (Phi) is 4.60. The number of nitrogens with one attached hydrogen (secondary N) is 1. The lowest BCUT2D eigenvalue weighted by molar-refractivity contribution is 0.322. The first-order chi connectivity index (χ1) is 7.51. The molecule has 5 nitrogen and oxygen atoms in total. The minimum atomic E-state index is -3.45. The van der Waals surface area contributed by atoms with Gasteiger partial charge in [0.1, 0.15) is 0 Å². The van der Waals surface area contributed by atoms with E-state index in [0.29, 0.717) is 11.4 Å². The molecular formula is C9H14N2O3S2. The molecule has 0 aromatic heterocycles. The summed E-state index contributed by atoms with van der Waals surface area (Å²) in [5.74, 6) is 0.530. The molecule has 0 aliphatic carbocycles. The number of thioether (sulfide) groups is 1. The van der Waals surface area contributed by atoms with Gasteiger partial charge in [-0.25, -0.2) is 13.1 Å². The van der Waals surface area contributed by atoms with E-state index in [1.165, 1.54) is 30.9 Å². The first kappa shape index (κ1) is 13.3. The highest BCUT2D eigenvalue weighted by Gasteiger charge is 2.12. The fourth-order valence-corrected chi connectivity index (χ4v) is 2.56. The Morgan fingerprint density at radius 3 is 2.69 bits per heavy atom. The average Bonchev–Trinajstić information content (AvgIpc) is 2.27. The van der Waals surface area contributed by atoms with E-state index in [1.807, 2.05) is 0 Å². The van der Waals surface area contributed by atoms with Gasteiger partial charge in [-0.3, -0.25) is 0 Å². The highest BCUT2D eigenvalue weighted by molar-refractivity contribution is 7.99. The van der Waals surface area contributed by atoms with Crippen molar-refractivity contribution in [1.82, 2.24) is 4.72 Å². The molecule has 1 aromatic rings. The van der Waals surface area contributed by atoms with Gasteiger partial charge in [-0.2, -0.15) is 0 Å². The van der Waals surface area contributed by atoms with Crippen LogP contribution in [0.5, 0.6) is 0 Å². The maximum atomic E-state index is 11.5. The van der Waals surface area contributed by atoms with Gasteiger partial charge >= 0.3 is 0 Å². The molecule has 7 heteroatoms. The Morgan fingerprint density at radius 1 is 1.50 bits per heavy atom. The van der Waals surface area contributed by atoms with Gasteiger partial charge in [-0.15, -0.1) is 11.8 Å². The summed E-state index contributed by atoms with van der Waals surface area (Å²) in [6, 6.07) is 4.54. The molecular weight excluding hydrogens is 248 g/mol. The maximum Gasteiger partial charge on any atom is 0.240 e. The van der Waals surface area contributed by atoms with E-state index in [2.05, 4.69) is 4.72 Å². The molecule has 0 saturated carbocycles. The maximum absolute atomic E-state index is 11.5. The number of nitrogens with two attached hydrogens (primary N) is 1. The summed E-state index contributed by atoms with van der Waals surface area (Å²) in [6.45, 7) is 0.0562. The average molecular weight is 262 g/mol. The van der Waals surface area contributed by atoms with Crippen LogP contribution < -0.4 is 10.5 Å². The number of aliphatic hydroxyl groups is 1. The van der Waals surface area contributed by atoms with Crippen LogP contribution in [0.25, 0.3) is 0 Å². The molecule has 0 atom stereocenters. The normalized spacial score (nSPS) is 11.6. The van der Waals surface area contributed by atoms with Crippen LogP contribution in [0.4, 0.5) is 5.69 Å². The minimum absolute atomic E-state index is 0.0562. The predicted molar refractivity (Wildman–Crippen MR) is 64.9 cm³/mol. The Morgan fingerprint density at radius 2 is 2.19 bits per heavy atom. The van der Waals surface area contributed by atoms with E-state index >= 15 is 0 Å². The van der Waals surface area contributed by atoms with Crippen LogP contribution in [-0.4, -0.2) is 32.9 Å². The molecule has 0 unspecified atom stereocenters. The number of anilines is 1. The van der Waals surface area contributed by atoms with Crippen LogP contribution in [0.2, 0.25) is 0 Å². The fourth-order valence-electron chi connectivity index (χ4n) is 1.10. The van der Waals surface area contributed by atoms with Gasteiger partial charge in [0.15, 0.2) is 0 Å². The van der Waals surface area contributed by atoms with E-state index in [4.69, 9.17) is 10.8 Å². The van der Waals surface area contributed by atoms with Crippen LogP contribution in [0.1, 0.15) is 0 Å². The molecule has 0 amide bonds. The van der Waals surface area contributed by atoms with Crippen molar-refractivity contribution in [3.63, 3.8) is 0 Å². The number of hydrogen-bond acceptors (Lipinski definition) is 5. The molecule has 0 heterocycles. The van der Waals surface area contributed by atoms with Crippen molar-refractivity contribution in [3.05, 3.63) is 18.2 Å². The molecule has 0 spiro atoms. The fraction of sp³-hybridized carbons (Fsp3) is 0.333. The van der Waals surface area contributed by atoms with Crippen molar-refractivity contribution >= 4 is 27.5 Å². The second-order valence-corrected chi connectivity index (χ2v) is 6.00. The second-order valence-electron chi connectivity index (χ2n) is 2.98. The van der Waals surface area contributed by atoms with Crippen LogP contribution in [0.3, 0.4) is 0 Å². The van der Waals surface area contributed by atoms with Crippen LogP contribution in [-0.2, 0) is 10.0 Å². The number of benzene rings is 1. The molecule has 0 saturated heterocycles. The predicted octanol–water partition coefficient (Wildman–Crippen LogP) is 0.261. The summed E-state index contributed by atoms with van der Waals surface area (Å²) >= 11 is 1.38. The molecule has 16 heavy (non-hydrogen) atoms. The van der Waals surface area contributed by atoms with Crippen molar-refractivity contribution < 1.29 is 13.5 Å². The third-order valence-corrected chi connectivity index (χ3v) is 4.39. The smallest absolute Gasteiger partial charge is 0.240 e. The SMILES string of the molecule is CNS(=O)(=O)c1ccc(SCCO)c(N)c1. The highest BCUT2D eigenvalue weighted by atomic mass is 32.2. The Bertz CT molecular complexity index is 460. The number of sulfonamides is 1. The Balaban J connectivity index is 3.00. The third-order valence-electron chi connectivity index (χ3n) is 1.91. The van der Waals surface area contributed by atoms with Gasteiger partial charge < -0.3 is 10.8 Å². The van der Waals surface area contributed by atoms with E-state index in [-0.39, 0.29) is 11.5 Å².